The number of nitrogens with two attached hydrogens (primary N) is 1. The summed E-state index contributed by atoms with van der Waals surface area (Å²) in [7, 11) is 1.66. The molecule has 0 atom stereocenters. The molecule has 2 N–H and O–H groups in total. The lowest BCUT2D eigenvalue weighted by atomic mass is 10.1. The topological polar surface area (TPSA) is 62.3 Å². The number of hydrogen-bond acceptors (Lipinski definition) is 4. The molecule has 1 aromatic heterocycles. The molecule has 102 valence electrons. The quantitative estimate of drug-likeness (QED) is 0.610. The van der Waals surface area contributed by atoms with Crippen LogP contribution >= 0.6 is 0 Å². The van der Waals surface area contributed by atoms with Gasteiger partial charge >= 0.3 is 0 Å². The first-order chi connectivity index (χ1) is 9.29. The van der Waals surface area contributed by atoms with Crippen molar-refractivity contribution in [3.05, 3.63) is 36.7 Å². The van der Waals surface area contributed by atoms with Crippen molar-refractivity contribution in [3.63, 3.8) is 0 Å². The van der Waals surface area contributed by atoms with Crippen LogP contribution in [0, 0.1) is 0 Å². The lowest BCUT2D eigenvalue weighted by Gasteiger charge is -2.03. The van der Waals surface area contributed by atoms with E-state index < -0.39 is 0 Å². The van der Waals surface area contributed by atoms with Gasteiger partial charge in [-0.25, -0.2) is 0 Å². The fraction of sp³-hybridized carbons (Fsp3) is 0.357. The normalized spacial score (nSPS) is 10.8. The Kier molecular flexibility index (Phi) is 4.94. The average Bonchev–Trinajstić information content (AvgIpc) is 2.88. The smallest absolute Gasteiger partial charge is 0.0701 e. The number of anilines is 1. The molecule has 0 aliphatic rings. The van der Waals surface area contributed by atoms with E-state index in [0.717, 1.165) is 23.4 Å². The average molecular weight is 261 g/mol. The molecule has 0 spiro atoms. The number of benzene rings is 1. The van der Waals surface area contributed by atoms with Crippen LogP contribution in [0.1, 0.15) is 0 Å². The highest BCUT2D eigenvalue weighted by Gasteiger charge is 2.01. The van der Waals surface area contributed by atoms with E-state index >= 15 is 0 Å². The van der Waals surface area contributed by atoms with Crippen LogP contribution in [0.2, 0.25) is 0 Å². The minimum atomic E-state index is 0.614. The van der Waals surface area contributed by atoms with Crippen LogP contribution in [-0.2, 0) is 16.0 Å². The van der Waals surface area contributed by atoms with Crippen LogP contribution in [0.3, 0.4) is 0 Å². The summed E-state index contributed by atoms with van der Waals surface area (Å²) < 4.78 is 12.2. The van der Waals surface area contributed by atoms with E-state index in [-0.39, 0.29) is 0 Å². The molecule has 2 rings (SSSR count). The molecule has 0 amide bonds. The van der Waals surface area contributed by atoms with E-state index in [0.29, 0.717) is 19.8 Å². The van der Waals surface area contributed by atoms with E-state index in [9.17, 15) is 0 Å². The number of methoxy groups -OCH3 is 1. The third kappa shape index (κ3) is 4.08. The maximum atomic E-state index is 5.67. The van der Waals surface area contributed by atoms with Gasteiger partial charge in [0, 0.05) is 24.6 Å². The fourth-order valence-corrected chi connectivity index (χ4v) is 1.71. The van der Waals surface area contributed by atoms with Crippen molar-refractivity contribution in [1.82, 2.24) is 9.78 Å². The Morgan fingerprint density at radius 3 is 2.63 bits per heavy atom. The van der Waals surface area contributed by atoms with Crippen molar-refractivity contribution >= 4 is 5.69 Å². The zero-order valence-electron chi connectivity index (χ0n) is 11.1. The molecule has 2 aromatic rings. The predicted octanol–water partition coefficient (Wildman–Crippen LogP) is 1.80. The van der Waals surface area contributed by atoms with Crippen LogP contribution in [0.4, 0.5) is 5.69 Å². The fourth-order valence-electron chi connectivity index (χ4n) is 1.71. The van der Waals surface area contributed by atoms with Gasteiger partial charge in [-0.05, 0) is 17.7 Å². The van der Waals surface area contributed by atoms with Crippen molar-refractivity contribution in [2.24, 2.45) is 0 Å². The number of nitrogens with zero attached hydrogens (tertiary/aromatic N) is 2. The van der Waals surface area contributed by atoms with Gasteiger partial charge in [0.15, 0.2) is 0 Å². The van der Waals surface area contributed by atoms with Crippen molar-refractivity contribution in [1.29, 1.82) is 0 Å². The summed E-state index contributed by atoms with van der Waals surface area (Å²) in [4.78, 5) is 0. The molecular formula is C14H19N3O2. The van der Waals surface area contributed by atoms with Crippen molar-refractivity contribution in [2.75, 3.05) is 32.7 Å². The molecule has 19 heavy (non-hydrogen) atoms. The maximum absolute atomic E-state index is 5.67. The van der Waals surface area contributed by atoms with Crippen molar-refractivity contribution in [2.45, 2.75) is 6.54 Å². The zero-order valence-corrected chi connectivity index (χ0v) is 11.1. The third-order valence-corrected chi connectivity index (χ3v) is 2.77. The third-order valence-electron chi connectivity index (χ3n) is 2.77. The van der Waals surface area contributed by atoms with Crippen LogP contribution in [0.25, 0.3) is 11.1 Å². The monoisotopic (exact) mass is 261 g/mol. The summed E-state index contributed by atoms with van der Waals surface area (Å²) in [5.74, 6) is 0. The molecule has 0 unspecified atom stereocenters. The maximum Gasteiger partial charge on any atom is 0.0701 e. The SMILES string of the molecule is COCCOCCn1cc(-c2ccc(N)cc2)cn1. The first-order valence-electron chi connectivity index (χ1n) is 6.24. The number of nitrogen functional groups attached to an aromatic ring is 1. The van der Waals surface area contributed by atoms with Crippen LogP contribution in [0.15, 0.2) is 36.7 Å². The second kappa shape index (κ2) is 6.92. The molecule has 5 heteroatoms. The molecule has 0 saturated heterocycles. The van der Waals surface area contributed by atoms with E-state index in [4.69, 9.17) is 15.2 Å². The molecule has 1 aromatic carbocycles. The number of rotatable bonds is 7. The summed E-state index contributed by atoms with van der Waals surface area (Å²) in [6, 6.07) is 7.76. The lowest BCUT2D eigenvalue weighted by molar-refractivity contribution is 0.0654. The number of ether oxygens (including phenoxy) is 2. The summed E-state index contributed by atoms with van der Waals surface area (Å²) >= 11 is 0. The Balaban J connectivity index is 1.86. The summed E-state index contributed by atoms with van der Waals surface area (Å²) in [5, 5.41) is 4.31. The minimum Gasteiger partial charge on any atom is -0.399 e. The Hall–Kier alpha value is -1.85. The van der Waals surface area contributed by atoms with Gasteiger partial charge < -0.3 is 15.2 Å². The number of aromatic nitrogens is 2. The molecule has 0 bridgehead atoms. The Morgan fingerprint density at radius 1 is 1.11 bits per heavy atom. The Bertz CT molecular complexity index is 494. The molecule has 0 fully saturated rings. The van der Waals surface area contributed by atoms with Gasteiger partial charge in [-0.1, -0.05) is 12.1 Å². The molecule has 5 nitrogen and oxygen atoms in total. The Morgan fingerprint density at radius 2 is 1.89 bits per heavy atom. The molecule has 0 aliphatic carbocycles. The van der Waals surface area contributed by atoms with Gasteiger partial charge in [-0.15, -0.1) is 0 Å². The second-order valence-corrected chi connectivity index (χ2v) is 4.22. The standard InChI is InChI=1S/C14H19N3O2/c1-18-8-9-19-7-6-17-11-13(10-16-17)12-2-4-14(15)5-3-12/h2-5,10-11H,6-9,15H2,1H3. The van der Waals surface area contributed by atoms with Gasteiger partial charge in [-0.2, -0.15) is 5.10 Å². The van der Waals surface area contributed by atoms with Gasteiger partial charge in [0.25, 0.3) is 0 Å². The Labute approximate surface area is 112 Å². The molecule has 1 heterocycles. The highest BCUT2D eigenvalue weighted by molar-refractivity contribution is 5.63. The van der Waals surface area contributed by atoms with E-state index in [2.05, 4.69) is 5.10 Å². The lowest BCUT2D eigenvalue weighted by Crippen LogP contribution is -2.09. The molecule has 0 aliphatic heterocycles. The molecule has 0 saturated carbocycles. The highest BCUT2D eigenvalue weighted by atomic mass is 16.5. The van der Waals surface area contributed by atoms with E-state index in [1.807, 2.05) is 41.3 Å². The van der Waals surface area contributed by atoms with Gasteiger partial charge in [0.1, 0.15) is 0 Å². The molecule has 0 radical (unpaired) electrons. The van der Waals surface area contributed by atoms with Crippen LogP contribution in [-0.4, -0.2) is 36.7 Å². The van der Waals surface area contributed by atoms with Gasteiger partial charge in [0.05, 0.1) is 32.6 Å². The molecular weight excluding hydrogens is 242 g/mol. The number of hydrogen-bond donors (Lipinski definition) is 1. The van der Waals surface area contributed by atoms with Crippen molar-refractivity contribution in [3.8, 4) is 11.1 Å². The highest BCUT2D eigenvalue weighted by Crippen LogP contribution is 2.19. The summed E-state index contributed by atoms with van der Waals surface area (Å²) in [6.07, 6.45) is 3.85. The van der Waals surface area contributed by atoms with Gasteiger partial charge in [-0.3, -0.25) is 4.68 Å². The van der Waals surface area contributed by atoms with Crippen LogP contribution < -0.4 is 5.73 Å². The first kappa shape index (κ1) is 13.6. The summed E-state index contributed by atoms with van der Waals surface area (Å²) in [5.41, 5.74) is 8.63. The largest absolute Gasteiger partial charge is 0.399 e. The van der Waals surface area contributed by atoms with E-state index in [1.54, 1.807) is 7.11 Å². The second-order valence-electron chi connectivity index (χ2n) is 4.22. The summed E-state index contributed by atoms with van der Waals surface area (Å²) in [6.45, 7) is 2.60. The first-order valence-corrected chi connectivity index (χ1v) is 6.24. The zero-order chi connectivity index (χ0) is 13.5. The van der Waals surface area contributed by atoms with Crippen molar-refractivity contribution < 1.29 is 9.47 Å². The minimum absolute atomic E-state index is 0.614. The van der Waals surface area contributed by atoms with Gasteiger partial charge in [0.2, 0.25) is 0 Å². The van der Waals surface area contributed by atoms with Crippen LogP contribution in [0.5, 0.6) is 0 Å². The predicted molar refractivity (Wildman–Crippen MR) is 74.8 cm³/mol. The van der Waals surface area contributed by atoms with E-state index in [1.165, 1.54) is 0 Å².